The third-order valence-electron chi connectivity index (χ3n) is 2.81. The zero-order chi connectivity index (χ0) is 14.5. The fourth-order valence-corrected chi connectivity index (χ4v) is 2.12. The van der Waals surface area contributed by atoms with Crippen molar-refractivity contribution in [1.29, 1.82) is 0 Å². The Bertz CT molecular complexity index is 606. The molecule has 3 nitrogen and oxygen atoms in total. The van der Waals surface area contributed by atoms with Gasteiger partial charge in [0.1, 0.15) is 5.75 Å². The quantitative estimate of drug-likeness (QED) is 0.904. The lowest BCUT2D eigenvalue weighted by atomic mass is 10.0. The second kappa shape index (κ2) is 6.44. The SMILES string of the molecule is CCOc1cc(CC(=O)O)cc(-c2ccc(Cl)cc2)c1. The van der Waals surface area contributed by atoms with E-state index in [-0.39, 0.29) is 6.42 Å². The first-order chi connectivity index (χ1) is 9.58. The maximum absolute atomic E-state index is 10.9. The van der Waals surface area contributed by atoms with Crippen molar-refractivity contribution in [2.45, 2.75) is 13.3 Å². The molecule has 4 heteroatoms. The third kappa shape index (κ3) is 3.75. The Morgan fingerprint density at radius 2 is 1.85 bits per heavy atom. The normalized spacial score (nSPS) is 10.3. The molecular weight excluding hydrogens is 276 g/mol. The largest absolute Gasteiger partial charge is 0.494 e. The van der Waals surface area contributed by atoms with Crippen molar-refractivity contribution < 1.29 is 14.6 Å². The number of carbonyl (C=O) groups is 1. The molecule has 0 aliphatic rings. The van der Waals surface area contributed by atoms with Crippen molar-refractivity contribution >= 4 is 17.6 Å². The summed E-state index contributed by atoms with van der Waals surface area (Å²) < 4.78 is 5.49. The van der Waals surface area contributed by atoms with Crippen molar-refractivity contribution in [1.82, 2.24) is 0 Å². The molecule has 0 unspecified atom stereocenters. The van der Waals surface area contributed by atoms with Gasteiger partial charge < -0.3 is 9.84 Å². The van der Waals surface area contributed by atoms with Crippen LogP contribution < -0.4 is 4.74 Å². The minimum absolute atomic E-state index is 0.0263. The summed E-state index contributed by atoms with van der Waals surface area (Å²) in [5, 5.41) is 9.59. The van der Waals surface area contributed by atoms with Gasteiger partial charge >= 0.3 is 5.97 Å². The van der Waals surface area contributed by atoms with Crippen LogP contribution in [0.1, 0.15) is 12.5 Å². The standard InChI is InChI=1S/C16H15ClO3/c1-2-20-15-8-11(9-16(18)19)7-13(10-15)12-3-5-14(17)6-4-12/h3-8,10H,2,9H2,1H3,(H,18,19). The molecule has 0 spiro atoms. The number of carboxylic acids is 1. The molecule has 0 fully saturated rings. The summed E-state index contributed by atoms with van der Waals surface area (Å²) in [5.41, 5.74) is 2.61. The van der Waals surface area contributed by atoms with Crippen LogP contribution in [0.15, 0.2) is 42.5 Å². The summed E-state index contributed by atoms with van der Waals surface area (Å²) in [4.78, 5) is 10.9. The highest BCUT2D eigenvalue weighted by Crippen LogP contribution is 2.27. The van der Waals surface area contributed by atoms with E-state index in [0.29, 0.717) is 22.9 Å². The van der Waals surface area contributed by atoms with E-state index in [0.717, 1.165) is 11.1 Å². The van der Waals surface area contributed by atoms with E-state index in [1.165, 1.54) is 0 Å². The van der Waals surface area contributed by atoms with Gasteiger partial charge in [-0.1, -0.05) is 29.8 Å². The highest BCUT2D eigenvalue weighted by atomic mass is 35.5. The Kier molecular flexibility index (Phi) is 4.64. The zero-order valence-electron chi connectivity index (χ0n) is 11.1. The molecule has 104 valence electrons. The van der Waals surface area contributed by atoms with Gasteiger partial charge in [0.25, 0.3) is 0 Å². The van der Waals surface area contributed by atoms with Crippen molar-refractivity contribution in [3.05, 3.63) is 53.1 Å². The lowest BCUT2D eigenvalue weighted by Gasteiger charge is -2.10. The second-order valence-corrected chi connectivity index (χ2v) is 4.81. The third-order valence-corrected chi connectivity index (χ3v) is 3.06. The van der Waals surface area contributed by atoms with E-state index in [4.69, 9.17) is 21.4 Å². The molecule has 2 rings (SSSR count). The van der Waals surface area contributed by atoms with Crippen LogP contribution in [-0.4, -0.2) is 17.7 Å². The van der Waals surface area contributed by atoms with Gasteiger partial charge in [-0.25, -0.2) is 0 Å². The monoisotopic (exact) mass is 290 g/mol. The van der Waals surface area contributed by atoms with Gasteiger partial charge in [-0.05, 0) is 47.9 Å². The molecule has 0 aliphatic heterocycles. The van der Waals surface area contributed by atoms with Crippen molar-refractivity contribution in [3.8, 4) is 16.9 Å². The van der Waals surface area contributed by atoms with Crippen LogP contribution >= 0.6 is 11.6 Å². The van der Waals surface area contributed by atoms with E-state index in [9.17, 15) is 4.79 Å². The summed E-state index contributed by atoms with van der Waals surface area (Å²) in [6, 6.07) is 12.9. The molecule has 0 saturated carbocycles. The van der Waals surface area contributed by atoms with Crippen LogP contribution in [0.2, 0.25) is 5.02 Å². The van der Waals surface area contributed by atoms with E-state index < -0.39 is 5.97 Å². The number of rotatable bonds is 5. The molecule has 0 atom stereocenters. The van der Waals surface area contributed by atoms with Crippen LogP contribution in [0.4, 0.5) is 0 Å². The van der Waals surface area contributed by atoms with Crippen LogP contribution in [0.5, 0.6) is 5.75 Å². The van der Waals surface area contributed by atoms with Crippen LogP contribution in [-0.2, 0) is 11.2 Å². The van der Waals surface area contributed by atoms with Crippen LogP contribution in [0.25, 0.3) is 11.1 Å². The number of hydrogen-bond acceptors (Lipinski definition) is 2. The van der Waals surface area contributed by atoms with Gasteiger partial charge in [-0.3, -0.25) is 4.79 Å². The Morgan fingerprint density at radius 3 is 2.45 bits per heavy atom. The second-order valence-electron chi connectivity index (χ2n) is 4.38. The molecule has 0 amide bonds. The van der Waals surface area contributed by atoms with Crippen LogP contribution in [0.3, 0.4) is 0 Å². The minimum atomic E-state index is -0.860. The summed E-state index contributed by atoms with van der Waals surface area (Å²) in [6.07, 6.45) is -0.0263. The molecule has 2 aromatic carbocycles. The predicted octanol–water partition coefficient (Wildman–Crippen LogP) is 4.03. The lowest BCUT2D eigenvalue weighted by Crippen LogP contribution is -2.01. The number of benzene rings is 2. The van der Waals surface area contributed by atoms with Gasteiger partial charge in [-0.15, -0.1) is 0 Å². The number of ether oxygens (including phenoxy) is 1. The van der Waals surface area contributed by atoms with Gasteiger partial charge in [0.05, 0.1) is 13.0 Å². The number of carboxylic acid groups (broad SMARTS) is 1. The molecule has 0 aromatic heterocycles. The smallest absolute Gasteiger partial charge is 0.307 e. The molecular formula is C16H15ClO3. The maximum atomic E-state index is 10.9. The first-order valence-electron chi connectivity index (χ1n) is 6.33. The average Bonchev–Trinajstić information content (AvgIpc) is 2.38. The van der Waals surface area contributed by atoms with Gasteiger partial charge in [-0.2, -0.15) is 0 Å². The van der Waals surface area contributed by atoms with E-state index >= 15 is 0 Å². The Labute approximate surface area is 122 Å². The first kappa shape index (κ1) is 14.4. The van der Waals surface area contributed by atoms with Crippen molar-refractivity contribution in [2.75, 3.05) is 6.61 Å². The highest BCUT2D eigenvalue weighted by molar-refractivity contribution is 6.30. The fraction of sp³-hybridized carbons (Fsp3) is 0.188. The van der Waals surface area contributed by atoms with E-state index in [1.54, 1.807) is 18.2 Å². The Hall–Kier alpha value is -2.00. The summed E-state index contributed by atoms with van der Waals surface area (Å²) in [7, 11) is 0. The fourth-order valence-electron chi connectivity index (χ4n) is 2.00. The lowest BCUT2D eigenvalue weighted by molar-refractivity contribution is -0.136. The van der Waals surface area contributed by atoms with Crippen LogP contribution in [0, 0.1) is 0 Å². The van der Waals surface area contributed by atoms with E-state index in [2.05, 4.69) is 0 Å². The molecule has 1 N–H and O–H groups in total. The Balaban J connectivity index is 2.42. The number of halogens is 1. The molecule has 0 bridgehead atoms. The maximum Gasteiger partial charge on any atom is 0.307 e. The summed E-state index contributed by atoms with van der Waals surface area (Å²) in [5.74, 6) is -0.183. The minimum Gasteiger partial charge on any atom is -0.494 e. The molecule has 0 radical (unpaired) electrons. The van der Waals surface area contributed by atoms with E-state index in [1.807, 2.05) is 31.2 Å². The van der Waals surface area contributed by atoms with Crippen molar-refractivity contribution in [2.24, 2.45) is 0 Å². The summed E-state index contributed by atoms with van der Waals surface area (Å²) >= 11 is 5.88. The average molecular weight is 291 g/mol. The summed E-state index contributed by atoms with van der Waals surface area (Å²) in [6.45, 7) is 2.43. The Morgan fingerprint density at radius 1 is 1.15 bits per heavy atom. The molecule has 0 saturated heterocycles. The molecule has 0 aliphatic carbocycles. The number of hydrogen-bond donors (Lipinski definition) is 1. The molecule has 0 heterocycles. The van der Waals surface area contributed by atoms with Gasteiger partial charge in [0.15, 0.2) is 0 Å². The predicted molar refractivity (Wildman–Crippen MR) is 79.4 cm³/mol. The van der Waals surface area contributed by atoms with Crippen molar-refractivity contribution in [3.63, 3.8) is 0 Å². The highest BCUT2D eigenvalue weighted by Gasteiger charge is 2.07. The topological polar surface area (TPSA) is 46.5 Å². The molecule has 2 aromatic rings. The van der Waals surface area contributed by atoms with Gasteiger partial charge in [0.2, 0.25) is 0 Å². The molecule has 20 heavy (non-hydrogen) atoms. The number of aliphatic carboxylic acids is 1. The zero-order valence-corrected chi connectivity index (χ0v) is 11.9. The first-order valence-corrected chi connectivity index (χ1v) is 6.71. The van der Waals surface area contributed by atoms with Gasteiger partial charge in [0, 0.05) is 5.02 Å².